The molecule has 1 N–H and O–H groups in total. The van der Waals surface area contributed by atoms with Gasteiger partial charge in [0.05, 0.1) is 12.3 Å². The lowest BCUT2D eigenvalue weighted by Crippen LogP contribution is -2.65. The molecule has 3 aliphatic heterocycles. The van der Waals surface area contributed by atoms with Crippen molar-refractivity contribution in [2.75, 3.05) is 46.4 Å². The first kappa shape index (κ1) is 20.7. The summed E-state index contributed by atoms with van der Waals surface area (Å²) >= 11 is 0. The van der Waals surface area contributed by atoms with Crippen LogP contribution in [0.2, 0.25) is 0 Å². The van der Waals surface area contributed by atoms with Gasteiger partial charge in [0.1, 0.15) is 0 Å². The van der Waals surface area contributed by atoms with E-state index < -0.39 is 0 Å². The van der Waals surface area contributed by atoms with Crippen molar-refractivity contribution in [3.63, 3.8) is 0 Å². The van der Waals surface area contributed by atoms with E-state index in [0.717, 1.165) is 37.9 Å². The van der Waals surface area contributed by atoms with Gasteiger partial charge in [-0.3, -0.25) is 19.7 Å². The number of piperidine rings is 3. The molecule has 3 saturated heterocycles. The van der Waals surface area contributed by atoms with Gasteiger partial charge in [-0.25, -0.2) is 0 Å². The first-order valence-electron chi connectivity index (χ1n) is 11.2. The van der Waals surface area contributed by atoms with Crippen molar-refractivity contribution in [1.29, 1.82) is 0 Å². The van der Waals surface area contributed by atoms with Gasteiger partial charge in [0.25, 0.3) is 0 Å². The predicted octanol–water partition coefficient (Wildman–Crippen LogP) is 1.35. The minimum absolute atomic E-state index is 0.124. The molecule has 7 nitrogen and oxygen atoms in total. The van der Waals surface area contributed by atoms with Crippen LogP contribution in [0, 0.1) is 11.8 Å². The minimum atomic E-state index is 0.124. The molecule has 4 atom stereocenters. The summed E-state index contributed by atoms with van der Waals surface area (Å²) in [5, 5.41) is 3.24. The number of nitrogens with zero attached hydrogens (tertiary/aromatic N) is 4. The Hall–Kier alpha value is -1.57. The molecular formula is C22H35N5O2. The van der Waals surface area contributed by atoms with Crippen LogP contribution in [-0.4, -0.2) is 84.2 Å². The Morgan fingerprint density at radius 2 is 2.17 bits per heavy atom. The highest BCUT2D eigenvalue weighted by atomic mass is 16.5. The number of hydrogen-bond acceptors (Lipinski definition) is 6. The lowest BCUT2D eigenvalue weighted by atomic mass is 9.72. The standard InChI is InChI=1S/C22H35N5O2/c1-29-11-10-26-15-17-12-18(16-26)21(27-9-3-2-4-20(17)27)14-25-22(28)6-5-19-13-23-7-8-24-19/h7-8,13,17-18,20-21H,2-6,9-12,14-16H2,1H3,(H,25,28)/t17-,18+,20+,21+/m1/s1. The maximum atomic E-state index is 12.5. The van der Waals surface area contributed by atoms with Crippen LogP contribution >= 0.6 is 0 Å². The van der Waals surface area contributed by atoms with Gasteiger partial charge < -0.3 is 15.0 Å². The van der Waals surface area contributed by atoms with E-state index in [9.17, 15) is 4.79 Å². The zero-order valence-electron chi connectivity index (χ0n) is 17.6. The van der Waals surface area contributed by atoms with E-state index in [1.54, 1.807) is 25.7 Å². The molecule has 1 amide bonds. The van der Waals surface area contributed by atoms with E-state index in [4.69, 9.17) is 4.74 Å². The van der Waals surface area contributed by atoms with E-state index in [1.165, 1.54) is 38.8 Å². The maximum Gasteiger partial charge on any atom is 0.220 e. The van der Waals surface area contributed by atoms with Gasteiger partial charge in [-0.05, 0) is 44.1 Å². The molecule has 1 aromatic rings. The molecule has 0 radical (unpaired) electrons. The largest absolute Gasteiger partial charge is 0.383 e. The van der Waals surface area contributed by atoms with Crippen LogP contribution in [0.1, 0.15) is 37.8 Å². The highest BCUT2D eigenvalue weighted by Gasteiger charge is 2.46. The summed E-state index contributed by atoms with van der Waals surface area (Å²) in [7, 11) is 1.78. The normalized spacial score (nSPS) is 30.0. The van der Waals surface area contributed by atoms with Crippen molar-refractivity contribution in [1.82, 2.24) is 25.1 Å². The van der Waals surface area contributed by atoms with Crippen molar-refractivity contribution in [2.24, 2.45) is 11.8 Å². The number of carbonyl (C=O) groups is 1. The molecular weight excluding hydrogens is 366 g/mol. The zero-order valence-corrected chi connectivity index (χ0v) is 17.6. The number of ether oxygens (including phenoxy) is 1. The average molecular weight is 402 g/mol. The molecule has 160 valence electrons. The van der Waals surface area contributed by atoms with E-state index in [2.05, 4.69) is 25.1 Å². The fourth-order valence-corrected chi connectivity index (χ4v) is 5.70. The average Bonchev–Trinajstić information content (AvgIpc) is 2.77. The van der Waals surface area contributed by atoms with E-state index in [1.807, 2.05) is 0 Å². The molecule has 29 heavy (non-hydrogen) atoms. The number of fused-ring (bicyclic) bond motifs is 4. The number of nitrogens with one attached hydrogen (secondary N) is 1. The number of hydrogen-bond donors (Lipinski definition) is 1. The first-order chi connectivity index (χ1) is 14.2. The third kappa shape index (κ3) is 5.13. The maximum absolute atomic E-state index is 12.5. The summed E-state index contributed by atoms with van der Waals surface area (Å²) in [6, 6.07) is 1.15. The summed E-state index contributed by atoms with van der Waals surface area (Å²) in [5.74, 6) is 1.54. The Morgan fingerprint density at radius 3 is 3.00 bits per heavy atom. The second-order valence-electron chi connectivity index (χ2n) is 8.88. The van der Waals surface area contributed by atoms with E-state index in [0.29, 0.717) is 30.8 Å². The van der Waals surface area contributed by atoms with Crippen LogP contribution in [0.15, 0.2) is 18.6 Å². The zero-order chi connectivity index (χ0) is 20.1. The molecule has 0 spiro atoms. The number of likely N-dealkylation sites (tertiary alicyclic amines) is 1. The molecule has 3 fully saturated rings. The number of aromatic nitrogens is 2. The summed E-state index contributed by atoms with van der Waals surface area (Å²) in [6.07, 6.45) is 11.5. The second kappa shape index (κ2) is 9.96. The number of methoxy groups -OCH3 is 1. The lowest BCUT2D eigenvalue weighted by molar-refractivity contribution is -0.122. The van der Waals surface area contributed by atoms with Gasteiger partial charge in [0.2, 0.25) is 5.91 Å². The Bertz CT molecular complexity index is 658. The monoisotopic (exact) mass is 401 g/mol. The highest BCUT2D eigenvalue weighted by Crippen LogP contribution is 2.40. The molecule has 0 aliphatic carbocycles. The first-order valence-corrected chi connectivity index (χ1v) is 11.2. The third-order valence-electron chi connectivity index (χ3n) is 7.04. The van der Waals surface area contributed by atoms with Crippen molar-refractivity contribution < 1.29 is 9.53 Å². The number of amides is 1. The summed E-state index contributed by atoms with van der Waals surface area (Å²) in [5.41, 5.74) is 0.875. The molecule has 3 aliphatic rings. The molecule has 4 heterocycles. The minimum Gasteiger partial charge on any atom is -0.383 e. The number of rotatable bonds is 8. The molecule has 2 bridgehead atoms. The Kier molecular flexibility index (Phi) is 7.11. The van der Waals surface area contributed by atoms with Gasteiger partial charge in [-0.1, -0.05) is 6.42 Å². The van der Waals surface area contributed by atoms with Gasteiger partial charge >= 0.3 is 0 Å². The van der Waals surface area contributed by atoms with E-state index >= 15 is 0 Å². The molecule has 0 saturated carbocycles. The number of aryl methyl sites for hydroxylation is 1. The van der Waals surface area contributed by atoms with Gasteiger partial charge in [0, 0.05) is 70.4 Å². The van der Waals surface area contributed by atoms with E-state index in [-0.39, 0.29) is 5.91 Å². The summed E-state index contributed by atoms with van der Waals surface area (Å²) in [6.45, 7) is 6.12. The SMILES string of the molecule is COCCN1C[C@H]2C[C@@H](C1)[C@H](CNC(=O)CCc1cnccn1)N1CCCC[C@@H]21. The Balaban J connectivity index is 1.34. The quantitative estimate of drug-likeness (QED) is 0.709. The second-order valence-corrected chi connectivity index (χ2v) is 8.88. The smallest absolute Gasteiger partial charge is 0.220 e. The van der Waals surface area contributed by atoms with Crippen molar-refractivity contribution in [3.8, 4) is 0 Å². The molecule has 1 aromatic heterocycles. The van der Waals surface area contributed by atoms with Crippen LogP contribution in [0.3, 0.4) is 0 Å². The lowest BCUT2D eigenvalue weighted by Gasteiger charge is -2.57. The molecule has 0 unspecified atom stereocenters. The van der Waals surface area contributed by atoms with Crippen molar-refractivity contribution >= 4 is 5.91 Å². The molecule has 0 aromatic carbocycles. The van der Waals surface area contributed by atoms with Crippen LogP contribution in [0.4, 0.5) is 0 Å². The number of carbonyl (C=O) groups excluding carboxylic acids is 1. The van der Waals surface area contributed by atoms with Crippen LogP contribution in [0.25, 0.3) is 0 Å². The van der Waals surface area contributed by atoms with Crippen LogP contribution in [0.5, 0.6) is 0 Å². The topological polar surface area (TPSA) is 70.6 Å². The summed E-state index contributed by atoms with van der Waals surface area (Å²) < 4.78 is 5.32. The van der Waals surface area contributed by atoms with Crippen molar-refractivity contribution in [3.05, 3.63) is 24.3 Å². The third-order valence-corrected chi connectivity index (χ3v) is 7.04. The fraction of sp³-hybridized carbons (Fsp3) is 0.773. The molecule has 4 rings (SSSR count). The molecule has 7 heteroatoms. The Morgan fingerprint density at radius 1 is 1.28 bits per heavy atom. The Labute approximate surface area is 174 Å². The van der Waals surface area contributed by atoms with Crippen LogP contribution < -0.4 is 5.32 Å². The van der Waals surface area contributed by atoms with Crippen LogP contribution in [-0.2, 0) is 16.0 Å². The highest BCUT2D eigenvalue weighted by molar-refractivity contribution is 5.76. The fourth-order valence-electron chi connectivity index (χ4n) is 5.70. The summed E-state index contributed by atoms with van der Waals surface area (Å²) in [4.78, 5) is 26.2. The van der Waals surface area contributed by atoms with Gasteiger partial charge in [-0.2, -0.15) is 0 Å². The van der Waals surface area contributed by atoms with Gasteiger partial charge in [-0.15, -0.1) is 0 Å². The van der Waals surface area contributed by atoms with Crippen molar-refractivity contribution in [2.45, 2.75) is 50.6 Å². The van der Waals surface area contributed by atoms with Gasteiger partial charge in [0.15, 0.2) is 0 Å². The predicted molar refractivity (Wildman–Crippen MR) is 111 cm³/mol.